The molecule has 0 bridgehead atoms. The lowest BCUT2D eigenvalue weighted by Gasteiger charge is -2.24. The minimum Gasteiger partial charge on any atom is -0.452 e. The lowest BCUT2D eigenvalue weighted by atomic mass is 10.3. The van der Waals surface area contributed by atoms with E-state index in [1.807, 2.05) is 0 Å². The van der Waals surface area contributed by atoms with E-state index in [1.165, 1.54) is 12.1 Å². The lowest BCUT2D eigenvalue weighted by molar-refractivity contribution is -0.152. The van der Waals surface area contributed by atoms with Gasteiger partial charge in [0.2, 0.25) is 0 Å². The first-order valence-electron chi connectivity index (χ1n) is 5.66. The molecule has 108 valence electrons. The molecule has 1 rings (SSSR count). The average Bonchev–Trinajstić information content (AvgIpc) is 2.26. The largest absolute Gasteiger partial charge is 0.972 e. The SMILES string of the molecule is CC(=O)O[Si](OC(C)=O)(OC(C)=O)Oc1ccccc1. The molecule has 0 spiro atoms. The molecule has 0 aromatic heterocycles. The van der Waals surface area contributed by atoms with Gasteiger partial charge in [-0.25, -0.2) is 0 Å². The molecule has 0 unspecified atom stereocenters. The molecule has 0 aliphatic heterocycles. The molecule has 0 radical (unpaired) electrons. The van der Waals surface area contributed by atoms with E-state index in [1.54, 1.807) is 18.2 Å². The fourth-order valence-electron chi connectivity index (χ4n) is 1.29. The fraction of sp³-hybridized carbons (Fsp3) is 0.250. The van der Waals surface area contributed by atoms with E-state index in [9.17, 15) is 14.4 Å². The van der Waals surface area contributed by atoms with Gasteiger partial charge in [-0.15, -0.1) is 0 Å². The topological polar surface area (TPSA) is 88.1 Å². The molecule has 0 heterocycles. The van der Waals surface area contributed by atoms with E-state index >= 15 is 0 Å². The van der Waals surface area contributed by atoms with Crippen molar-refractivity contribution in [1.29, 1.82) is 0 Å². The quantitative estimate of drug-likeness (QED) is 0.754. The summed E-state index contributed by atoms with van der Waals surface area (Å²) in [6.45, 7) is 3.26. The Bertz CT molecular complexity index is 459. The van der Waals surface area contributed by atoms with Crippen molar-refractivity contribution in [3.8, 4) is 5.75 Å². The maximum absolute atomic E-state index is 11.2. The van der Waals surface area contributed by atoms with Crippen LogP contribution in [-0.2, 0) is 27.7 Å². The Balaban J connectivity index is 3.09. The normalized spacial score (nSPS) is 10.3. The number of carbonyl (C=O) groups is 3. The number of carbonyl (C=O) groups excluding carboxylic acids is 3. The highest BCUT2D eigenvalue weighted by Gasteiger charge is 2.60. The van der Waals surface area contributed by atoms with Crippen LogP contribution in [-0.4, -0.2) is 27.0 Å². The Labute approximate surface area is 116 Å². The second kappa shape index (κ2) is 6.71. The molecule has 0 saturated carbocycles. The molecule has 7 nitrogen and oxygen atoms in total. The summed E-state index contributed by atoms with van der Waals surface area (Å²) in [5.74, 6) is -2.15. The first-order chi connectivity index (χ1) is 9.33. The molecule has 0 fully saturated rings. The van der Waals surface area contributed by atoms with Gasteiger partial charge < -0.3 is 17.7 Å². The lowest BCUT2D eigenvalue weighted by Crippen LogP contribution is -2.55. The van der Waals surface area contributed by atoms with Crippen LogP contribution in [0.1, 0.15) is 20.8 Å². The van der Waals surface area contributed by atoms with Crippen LogP contribution in [0.5, 0.6) is 5.75 Å². The van der Waals surface area contributed by atoms with Crippen LogP contribution >= 0.6 is 0 Å². The zero-order valence-corrected chi connectivity index (χ0v) is 12.2. The van der Waals surface area contributed by atoms with Crippen molar-refractivity contribution in [2.45, 2.75) is 20.8 Å². The molecular formula is C12H14O7Si. The molecule has 1 aromatic rings. The van der Waals surface area contributed by atoms with E-state index < -0.39 is 27.0 Å². The van der Waals surface area contributed by atoms with Crippen LogP contribution < -0.4 is 4.43 Å². The smallest absolute Gasteiger partial charge is 0.452 e. The zero-order valence-electron chi connectivity index (χ0n) is 11.2. The maximum atomic E-state index is 11.2. The van der Waals surface area contributed by atoms with Crippen molar-refractivity contribution in [2.24, 2.45) is 0 Å². The van der Waals surface area contributed by atoms with Gasteiger partial charge in [0.1, 0.15) is 5.75 Å². The third-order valence-electron chi connectivity index (χ3n) is 1.79. The highest BCUT2D eigenvalue weighted by Crippen LogP contribution is 2.19. The van der Waals surface area contributed by atoms with Crippen molar-refractivity contribution in [1.82, 2.24) is 0 Å². The monoisotopic (exact) mass is 298 g/mol. The van der Waals surface area contributed by atoms with Crippen LogP contribution in [0.25, 0.3) is 0 Å². The van der Waals surface area contributed by atoms with E-state index in [0.29, 0.717) is 0 Å². The minimum atomic E-state index is -4.27. The number of benzene rings is 1. The van der Waals surface area contributed by atoms with Crippen LogP contribution in [0.4, 0.5) is 0 Å². The van der Waals surface area contributed by atoms with Crippen molar-refractivity contribution in [2.75, 3.05) is 0 Å². The van der Waals surface area contributed by atoms with E-state index in [2.05, 4.69) is 0 Å². The number of hydrogen-bond acceptors (Lipinski definition) is 7. The molecule has 0 saturated heterocycles. The third-order valence-corrected chi connectivity index (χ3v) is 3.89. The fourth-order valence-corrected chi connectivity index (χ4v) is 3.02. The van der Waals surface area contributed by atoms with Crippen molar-refractivity contribution < 1.29 is 32.1 Å². The predicted octanol–water partition coefficient (Wildman–Crippen LogP) is 1.19. The van der Waals surface area contributed by atoms with Crippen LogP contribution in [0, 0.1) is 0 Å². The average molecular weight is 298 g/mol. The zero-order chi connectivity index (χ0) is 15.2. The Morgan fingerprint density at radius 3 is 1.55 bits per heavy atom. The summed E-state index contributed by atoms with van der Waals surface area (Å²) in [6, 6.07) is 8.13. The summed E-state index contributed by atoms with van der Waals surface area (Å²) in [5, 5.41) is 0. The van der Waals surface area contributed by atoms with E-state index in [-0.39, 0.29) is 5.75 Å². The summed E-state index contributed by atoms with van der Waals surface area (Å²) in [7, 11) is -4.27. The Morgan fingerprint density at radius 1 is 0.800 bits per heavy atom. The first kappa shape index (κ1) is 15.7. The summed E-state index contributed by atoms with van der Waals surface area (Å²) in [5.41, 5.74) is 0. The summed E-state index contributed by atoms with van der Waals surface area (Å²) >= 11 is 0. The van der Waals surface area contributed by atoms with Crippen LogP contribution in [0.3, 0.4) is 0 Å². The van der Waals surface area contributed by atoms with Crippen LogP contribution in [0.15, 0.2) is 30.3 Å². The Hall–Kier alpha value is -2.35. The van der Waals surface area contributed by atoms with Gasteiger partial charge in [-0.05, 0) is 12.1 Å². The summed E-state index contributed by atoms with van der Waals surface area (Å²) in [6.07, 6.45) is 0. The summed E-state index contributed by atoms with van der Waals surface area (Å²) in [4.78, 5) is 33.5. The molecule has 8 heteroatoms. The molecule has 0 amide bonds. The van der Waals surface area contributed by atoms with Crippen LogP contribution in [0.2, 0.25) is 0 Å². The number of hydrogen-bond donors (Lipinski definition) is 0. The van der Waals surface area contributed by atoms with E-state index in [0.717, 1.165) is 20.8 Å². The second-order valence-corrected chi connectivity index (χ2v) is 5.51. The molecule has 0 aliphatic carbocycles. The molecule has 1 aromatic carbocycles. The number of rotatable bonds is 5. The molecule has 0 atom stereocenters. The van der Waals surface area contributed by atoms with Crippen molar-refractivity contribution in [3.63, 3.8) is 0 Å². The predicted molar refractivity (Wildman–Crippen MR) is 68.1 cm³/mol. The number of para-hydroxylation sites is 1. The molecular weight excluding hydrogens is 284 g/mol. The first-order valence-corrected chi connectivity index (χ1v) is 7.29. The van der Waals surface area contributed by atoms with Gasteiger partial charge in [0.25, 0.3) is 17.9 Å². The van der Waals surface area contributed by atoms with Gasteiger partial charge in [0.05, 0.1) is 0 Å². The van der Waals surface area contributed by atoms with Gasteiger partial charge in [-0.3, -0.25) is 14.4 Å². The van der Waals surface area contributed by atoms with Gasteiger partial charge in [-0.2, -0.15) is 0 Å². The van der Waals surface area contributed by atoms with Gasteiger partial charge >= 0.3 is 9.05 Å². The minimum absolute atomic E-state index is 0.239. The van der Waals surface area contributed by atoms with Gasteiger partial charge in [0, 0.05) is 20.8 Å². The van der Waals surface area contributed by atoms with Gasteiger partial charge in [-0.1, -0.05) is 18.2 Å². The van der Waals surface area contributed by atoms with Crippen molar-refractivity contribution >= 4 is 27.0 Å². The molecule has 20 heavy (non-hydrogen) atoms. The van der Waals surface area contributed by atoms with Crippen molar-refractivity contribution in [3.05, 3.63) is 30.3 Å². The third kappa shape index (κ3) is 5.10. The van der Waals surface area contributed by atoms with Gasteiger partial charge in [0.15, 0.2) is 0 Å². The Kier molecular flexibility index (Phi) is 5.27. The van der Waals surface area contributed by atoms with E-state index in [4.69, 9.17) is 17.7 Å². The Morgan fingerprint density at radius 2 is 1.20 bits per heavy atom. The highest BCUT2D eigenvalue weighted by molar-refractivity contribution is 6.59. The molecule has 0 N–H and O–H groups in total. The summed E-state index contributed by atoms with van der Waals surface area (Å²) < 4.78 is 19.9. The standard InChI is InChI=1S/C12H14O7Si/c1-9(13)16-20(17-10(2)14,18-11(3)15)19-12-7-5-4-6-8-12/h4-8H,1-3H3. The molecule has 0 aliphatic rings. The maximum Gasteiger partial charge on any atom is 0.972 e. The highest BCUT2D eigenvalue weighted by atomic mass is 28.4. The second-order valence-electron chi connectivity index (χ2n) is 3.70.